The predicted octanol–water partition coefficient (Wildman–Crippen LogP) is 3.70. The molecule has 0 saturated carbocycles. The third-order valence-electron chi connectivity index (χ3n) is 5.16. The lowest BCUT2D eigenvalue weighted by molar-refractivity contribution is -0.123. The second-order valence-electron chi connectivity index (χ2n) is 8.03. The maximum atomic E-state index is 12.6. The Hall–Kier alpha value is -2.86. The molecule has 2 rings (SSSR count). The summed E-state index contributed by atoms with van der Waals surface area (Å²) in [5, 5.41) is 6.01. The number of benzene rings is 2. The zero-order valence-electron chi connectivity index (χ0n) is 18.8. The molecule has 30 heavy (non-hydrogen) atoms. The van der Waals surface area contributed by atoms with Crippen LogP contribution in [0.2, 0.25) is 0 Å². The summed E-state index contributed by atoms with van der Waals surface area (Å²) in [6.07, 6.45) is 0. The van der Waals surface area contributed by atoms with Crippen LogP contribution in [-0.2, 0) is 9.59 Å². The molecule has 1 unspecified atom stereocenters. The highest BCUT2D eigenvalue weighted by atomic mass is 16.5. The molecule has 0 bridgehead atoms. The molecule has 1 atom stereocenters. The van der Waals surface area contributed by atoms with Gasteiger partial charge in [-0.3, -0.25) is 14.5 Å². The van der Waals surface area contributed by atoms with E-state index in [2.05, 4.69) is 24.5 Å². The van der Waals surface area contributed by atoms with E-state index in [1.54, 1.807) is 19.1 Å². The number of anilines is 1. The number of carbonyl (C=O) groups is 2. The van der Waals surface area contributed by atoms with E-state index in [9.17, 15) is 9.59 Å². The number of hydrogen-bond acceptors (Lipinski definition) is 4. The van der Waals surface area contributed by atoms with Crippen LogP contribution in [-0.4, -0.2) is 44.0 Å². The van der Waals surface area contributed by atoms with Crippen molar-refractivity contribution in [3.05, 3.63) is 59.2 Å². The van der Waals surface area contributed by atoms with Crippen molar-refractivity contribution >= 4 is 17.5 Å². The molecule has 2 aromatic carbocycles. The van der Waals surface area contributed by atoms with Crippen LogP contribution in [0.25, 0.3) is 0 Å². The number of carbonyl (C=O) groups excluding carboxylic acids is 2. The van der Waals surface area contributed by atoms with Gasteiger partial charge in [-0.1, -0.05) is 38.1 Å². The van der Waals surface area contributed by atoms with Crippen LogP contribution >= 0.6 is 0 Å². The highest BCUT2D eigenvalue weighted by Crippen LogP contribution is 2.24. The van der Waals surface area contributed by atoms with Crippen LogP contribution < -0.4 is 15.4 Å². The molecule has 0 fully saturated rings. The molecule has 0 aliphatic rings. The maximum absolute atomic E-state index is 12.6. The number of rotatable bonds is 9. The van der Waals surface area contributed by atoms with E-state index in [-0.39, 0.29) is 36.9 Å². The molecular formula is C24H33N3O3. The fourth-order valence-electron chi connectivity index (χ4n) is 3.29. The normalized spacial score (nSPS) is 12.0. The third kappa shape index (κ3) is 6.59. The van der Waals surface area contributed by atoms with Crippen molar-refractivity contribution in [2.24, 2.45) is 5.92 Å². The van der Waals surface area contributed by atoms with Gasteiger partial charge >= 0.3 is 0 Å². The summed E-state index contributed by atoms with van der Waals surface area (Å²) < 4.78 is 5.20. The summed E-state index contributed by atoms with van der Waals surface area (Å²) in [5.74, 6) is 0.739. The van der Waals surface area contributed by atoms with Crippen molar-refractivity contribution in [1.82, 2.24) is 10.2 Å². The fourth-order valence-corrected chi connectivity index (χ4v) is 3.29. The Kier molecular flexibility index (Phi) is 8.42. The first-order chi connectivity index (χ1) is 14.2. The first kappa shape index (κ1) is 23.4. The molecule has 2 N–H and O–H groups in total. The molecule has 0 aliphatic heterocycles. The largest absolute Gasteiger partial charge is 0.497 e. The van der Waals surface area contributed by atoms with Crippen molar-refractivity contribution < 1.29 is 14.3 Å². The van der Waals surface area contributed by atoms with Crippen LogP contribution in [0.5, 0.6) is 5.75 Å². The first-order valence-electron chi connectivity index (χ1n) is 10.2. The number of likely N-dealkylation sites (N-methyl/N-ethyl adjacent to an activating group) is 1. The van der Waals surface area contributed by atoms with Gasteiger partial charge in [0, 0.05) is 5.69 Å². The van der Waals surface area contributed by atoms with Gasteiger partial charge in [0.1, 0.15) is 5.75 Å². The first-order valence-corrected chi connectivity index (χ1v) is 10.2. The monoisotopic (exact) mass is 411 g/mol. The van der Waals surface area contributed by atoms with Gasteiger partial charge < -0.3 is 15.4 Å². The zero-order chi connectivity index (χ0) is 22.3. The Morgan fingerprint density at radius 3 is 2.23 bits per heavy atom. The maximum Gasteiger partial charge on any atom is 0.238 e. The molecule has 6 nitrogen and oxygen atoms in total. The molecule has 0 aliphatic carbocycles. The smallest absolute Gasteiger partial charge is 0.238 e. The summed E-state index contributed by atoms with van der Waals surface area (Å²) >= 11 is 0. The van der Waals surface area contributed by atoms with E-state index in [1.165, 1.54) is 0 Å². The summed E-state index contributed by atoms with van der Waals surface area (Å²) in [7, 11) is 3.39. The van der Waals surface area contributed by atoms with Crippen LogP contribution in [0.1, 0.15) is 36.6 Å². The number of ether oxygens (including phenoxy) is 1. The molecule has 0 heterocycles. The molecular weight excluding hydrogens is 378 g/mol. The van der Waals surface area contributed by atoms with Gasteiger partial charge in [-0.15, -0.1) is 0 Å². The Bertz CT molecular complexity index is 862. The van der Waals surface area contributed by atoms with Crippen LogP contribution in [0, 0.1) is 19.8 Å². The molecule has 6 heteroatoms. The second kappa shape index (κ2) is 10.8. The highest BCUT2D eigenvalue weighted by Gasteiger charge is 2.20. The van der Waals surface area contributed by atoms with Gasteiger partial charge in [0.2, 0.25) is 11.8 Å². The highest BCUT2D eigenvalue weighted by molar-refractivity contribution is 5.93. The lowest BCUT2D eigenvalue weighted by atomic mass is 9.96. The van der Waals surface area contributed by atoms with Gasteiger partial charge in [0.05, 0.1) is 26.2 Å². The van der Waals surface area contributed by atoms with Crippen molar-refractivity contribution in [1.29, 1.82) is 0 Å². The Morgan fingerprint density at radius 1 is 1.00 bits per heavy atom. The van der Waals surface area contributed by atoms with Crippen molar-refractivity contribution in [3.8, 4) is 5.75 Å². The van der Waals surface area contributed by atoms with Gasteiger partial charge in [0.15, 0.2) is 0 Å². The van der Waals surface area contributed by atoms with Crippen molar-refractivity contribution in [3.63, 3.8) is 0 Å². The molecule has 162 valence electrons. The summed E-state index contributed by atoms with van der Waals surface area (Å²) in [6.45, 7) is 8.39. The minimum absolute atomic E-state index is 0.111. The summed E-state index contributed by atoms with van der Waals surface area (Å²) in [4.78, 5) is 26.7. The summed E-state index contributed by atoms with van der Waals surface area (Å²) in [5.41, 5.74) is 4.00. The zero-order valence-corrected chi connectivity index (χ0v) is 18.8. The molecule has 0 saturated heterocycles. The lowest BCUT2D eigenvalue weighted by Crippen LogP contribution is -2.41. The molecule has 0 spiro atoms. The standard InChI is InChI=1S/C24H33N3O3/c1-16(2)24(19-10-12-20(30-6)13-11-19)26-23(29)15-27(5)14-22(28)25-21-9-7-8-17(3)18(21)4/h7-13,16,24H,14-15H2,1-6H3,(H,25,28)(H,26,29). The Balaban J connectivity index is 1.91. The van der Waals surface area contributed by atoms with Crippen LogP contribution in [0.3, 0.4) is 0 Å². The minimum atomic E-state index is -0.144. The van der Waals surface area contributed by atoms with E-state index in [1.807, 2.05) is 56.3 Å². The van der Waals surface area contributed by atoms with E-state index in [0.717, 1.165) is 28.1 Å². The van der Waals surface area contributed by atoms with Crippen LogP contribution in [0.4, 0.5) is 5.69 Å². The van der Waals surface area contributed by atoms with Crippen LogP contribution in [0.15, 0.2) is 42.5 Å². The lowest BCUT2D eigenvalue weighted by Gasteiger charge is -2.25. The number of nitrogens with zero attached hydrogens (tertiary/aromatic N) is 1. The number of nitrogens with one attached hydrogen (secondary N) is 2. The Labute approximate surface area is 179 Å². The third-order valence-corrected chi connectivity index (χ3v) is 5.16. The van der Waals surface area contributed by atoms with E-state index in [4.69, 9.17) is 4.74 Å². The molecule has 0 aromatic heterocycles. The number of amides is 2. The van der Waals surface area contributed by atoms with E-state index in [0.29, 0.717) is 0 Å². The Morgan fingerprint density at radius 2 is 1.63 bits per heavy atom. The quantitative estimate of drug-likeness (QED) is 0.660. The van der Waals surface area contributed by atoms with Gasteiger partial charge in [0.25, 0.3) is 0 Å². The van der Waals surface area contributed by atoms with Crippen molar-refractivity contribution in [2.75, 3.05) is 32.6 Å². The number of aryl methyl sites for hydroxylation is 1. The molecule has 2 amide bonds. The average molecular weight is 412 g/mol. The average Bonchev–Trinajstić information content (AvgIpc) is 2.69. The van der Waals surface area contributed by atoms with E-state index >= 15 is 0 Å². The topological polar surface area (TPSA) is 70.7 Å². The van der Waals surface area contributed by atoms with Gasteiger partial charge in [-0.25, -0.2) is 0 Å². The predicted molar refractivity (Wildman–Crippen MR) is 121 cm³/mol. The van der Waals surface area contributed by atoms with Gasteiger partial charge in [-0.05, 0) is 61.7 Å². The number of hydrogen-bond donors (Lipinski definition) is 2. The fraction of sp³-hybridized carbons (Fsp3) is 0.417. The second-order valence-corrected chi connectivity index (χ2v) is 8.03. The molecule has 2 aromatic rings. The van der Waals surface area contributed by atoms with Gasteiger partial charge in [-0.2, -0.15) is 0 Å². The van der Waals surface area contributed by atoms with Crippen molar-refractivity contribution in [2.45, 2.75) is 33.7 Å². The number of methoxy groups -OCH3 is 1. The SMILES string of the molecule is COc1ccc(C(NC(=O)CN(C)CC(=O)Nc2cccc(C)c2C)C(C)C)cc1. The van der Waals surface area contributed by atoms with E-state index < -0.39 is 0 Å². The minimum Gasteiger partial charge on any atom is -0.497 e. The summed E-state index contributed by atoms with van der Waals surface area (Å²) in [6, 6.07) is 13.4. The molecule has 0 radical (unpaired) electrons.